The number of nitrogens with zero attached hydrogens (tertiary/aromatic N) is 3. The monoisotopic (exact) mass is 271 g/mol. The van der Waals surface area contributed by atoms with Gasteiger partial charge in [0.1, 0.15) is 17.6 Å². The van der Waals surface area contributed by atoms with E-state index in [1.807, 2.05) is 18.7 Å². The van der Waals surface area contributed by atoms with Gasteiger partial charge in [-0.3, -0.25) is 0 Å². The van der Waals surface area contributed by atoms with Crippen LogP contribution in [0.4, 0.5) is 5.82 Å². The van der Waals surface area contributed by atoms with Gasteiger partial charge in [0.05, 0.1) is 5.60 Å². The topological polar surface area (TPSA) is 58.5 Å². The lowest BCUT2D eigenvalue weighted by molar-refractivity contribution is 0.0839. The van der Waals surface area contributed by atoms with Crippen molar-refractivity contribution in [2.24, 2.45) is 0 Å². The van der Waals surface area contributed by atoms with Crippen molar-refractivity contribution in [2.45, 2.75) is 32.5 Å². The Balaban J connectivity index is 2.15. The van der Waals surface area contributed by atoms with E-state index in [9.17, 15) is 5.11 Å². The highest BCUT2D eigenvalue weighted by atomic mass is 35.5. The largest absolute Gasteiger partial charge is 0.388 e. The van der Waals surface area contributed by atoms with Gasteiger partial charge < -0.3 is 14.7 Å². The highest BCUT2D eigenvalue weighted by molar-refractivity contribution is 6.29. The third kappa shape index (κ3) is 3.31. The molecule has 1 saturated heterocycles. The molecule has 18 heavy (non-hydrogen) atoms. The fraction of sp³-hybridized carbons (Fsp3) is 0.667. The van der Waals surface area contributed by atoms with Gasteiger partial charge in [0.25, 0.3) is 0 Å². The number of anilines is 1. The van der Waals surface area contributed by atoms with E-state index in [0.29, 0.717) is 30.7 Å². The minimum Gasteiger partial charge on any atom is -0.388 e. The van der Waals surface area contributed by atoms with Gasteiger partial charge >= 0.3 is 0 Å². The summed E-state index contributed by atoms with van der Waals surface area (Å²) >= 11 is 5.98. The van der Waals surface area contributed by atoms with Crippen LogP contribution in [0.5, 0.6) is 0 Å². The van der Waals surface area contributed by atoms with E-state index in [0.717, 1.165) is 18.8 Å². The number of ether oxygens (including phenoxy) is 1. The van der Waals surface area contributed by atoms with Crippen molar-refractivity contribution in [2.75, 3.05) is 24.6 Å². The average molecular weight is 272 g/mol. The second-order valence-corrected chi connectivity index (χ2v) is 5.16. The normalized spacial score (nSPS) is 23.7. The summed E-state index contributed by atoms with van der Waals surface area (Å²) in [5.41, 5.74) is -0.655. The standard InChI is InChI=1S/C12H18ClN3O2/c1-3-18-7-10-14-9(13)6-11(15-10)16-5-4-12(2,17)8-16/h6,17H,3-5,7-8H2,1-2H3. The SMILES string of the molecule is CCOCc1nc(Cl)cc(N2CCC(C)(O)C2)n1. The first kappa shape index (κ1) is 13.5. The number of β-amino-alcohol motifs (C(OH)–C–C–N with tert-alkyl or cyclic N) is 1. The van der Waals surface area contributed by atoms with E-state index in [4.69, 9.17) is 16.3 Å². The van der Waals surface area contributed by atoms with E-state index in [-0.39, 0.29) is 0 Å². The molecule has 1 unspecified atom stereocenters. The van der Waals surface area contributed by atoms with E-state index < -0.39 is 5.60 Å². The number of rotatable bonds is 4. The van der Waals surface area contributed by atoms with Crippen molar-refractivity contribution in [1.29, 1.82) is 0 Å². The Morgan fingerprint density at radius 2 is 2.33 bits per heavy atom. The van der Waals surface area contributed by atoms with Crippen molar-refractivity contribution >= 4 is 17.4 Å². The number of halogens is 1. The van der Waals surface area contributed by atoms with Gasteiger partial charge in [0.2, 0.25) is 0 Å². The van der Waals surface area contributed by atoms with E-state index in [2.05, 4.69) is 9.97 Å². The Morgan fingerprint density at radius 3 is 2.94 bits per heavy atom. The minimum atomic E-state index is -0.655. The van der Waals surface area contributed by atoms with Gasteiger partial charge in [0, 0.05) is 25.8 Å². The maximum Gasteiger partial charge on any atom is 0.158 e. The van der Waals surface area contributed by atoms with Crippen LogP contribution in [-0.4, -0.2) is 40.4 Å². The van der Waals surface area contributed by atoms with Crippen LogP contribution in [0.25, 0.3) is 0 Å². The summed E-state index contributed by atoms with van der Waals surface area (Å²) in [7, 11) is 0. The summed E-state index contributed by atoms with van der Waals surface area (Å²) in [4.78, 5) is 10.5. The lowest BCUT2D eigenvalue weighted by Gasteiger charge is -2.20. The second-order valence-electron chi connectivity index (χ2n) is 4.77. The molecule has 0 saturated carbocycles. The molecule has 1 aromatic rings. The summed E-state index contributed by atoms with van der Waals surface area (Å²) in [6.45, 7) is 6.06. The van der Waals surface area contributed by atoms with E-state index in [1.54, 1.807) is 6.07 Å². The molecule has 1 N–H and O–H groups in total. The van der Waals surface area contributed by atoms with Gasteiger partial charge in [-0.15, -0.1) is 0 Å². The third-order valence-corrected chi connectivity index (χ3v) is 3.13. The molecule has 0 amide bonds. The van der Waals surface area contributed by atoms with Gasteiger partial charge in [-0.05, 0) is 20.3 Å². The van der Waals surface area contributed by atoms with Crippen molar-refractivity contribution in [1.82, 2.24) is 9.97 Å². The van der Waals surface area contributed by atoms with Gasteiger partial charge in [0.15, 0.2) is 5.82 Å². The Morgan fingerprint density at radius 1 is 1.56 bits per heavy atom. The zero-order chi connectivity index (χ0) is 13.2. The van der Waals surface area contributed by atoms with Crippen LogP contribution in [0.15, 0.2) is 6.07 Å². The first-order chi connectivity index (χ1) is 8.50. The molecule has 0 spiro atoms. The Kier molecular flexibility index (Phi) is 4.04. The van der Waals surface area contributed by atoms with E-state index >= 15 is 0 Å². The molecule has 1 aliphatic rings. The fourth-order valence-electron chi connectivity index (χ4n) is 2.01. The molecule has 1 atom stereocenters. The Labute approximate surface area is 112 Å². The molecule has 1 fully saturated rings. The van der Waals surface area contributed by atoms with Crippen LogP contribution in [0, 0.1) is 0 Å². The van der Waals surface area contributed by atoms with Gasteiger partial charge in [-0.1, -0.05) is 11.6 Å². The van der Waals surface area contributed by atoms with Crippen LogP contribution < -0.4 is 4.90 Å². The zero-order valence-corrected chi connectivity index (χ0v) is 11.4. The number of aliphatic hydroxyl groups is 1. The summed E-state index contributed by atoms with van der Waals surface area (Å²) in [6.07, 6.45) is 0.732. The lowest BCUT2D eigenvalue weighted by Crippen LogP contribution is -2.30. The molecule has 1 aromatic heterocycles. The van der Waals surface area contributed by atoms with Crippen LogP contribution in [-0.2, 0) is 11.3 Å². The molecule has 0 aromatic carbocycles. The third-order valence-electron chi connectivity index (χ3n) is 2.94. The number of hydrogen-bond acceptors (Lipinski definition) is 5. The molecule has 2 heterocycles. The van der Waals surface area contributed by atoms with Gasteiger partial charge in [-0.2, -0.15) is 0 Å². The molecule has 6 heteroatoms. The number of aromatic nitrogens is 2. The maximum atomic E-state index is 9.96. The molecule has 0 bridgehead atoms. The first-order valence-corrected chi connectivity index (χ1v) is 6.46. The molecule has 2 rings (SSSR count). The van der Waals surface area contributed by atoms with Crippen LogP contribution >= 0.6 is 11.6 Å². The quantitative estimate of drug-likeness (QED) is 0.844. The summed E-state index contributed by atoms with van der Waals surface area (Å²) in [5, 5.41) is 10.4. The van der Waals surface area contributed by atoms with Crippen LogP contribution in [0.2, 0.25) is 5.15 Å². The molecular weight excluding hydrogens is 254 g/mol. The number of hydrogen-bond donors (Lipinski definition) is 1. The fourth-order valence-corrected chi connectivity index (χ4v) is 2.21. The lowest BCUT2D eigenvalue weighted by atomic mass is 10.1. The van der Waals surface area contributed by atoms with Crippen LogP contribution in [0.3, 0.4) is 0 Å². The molecule has 1 aliphatic heterocycles. The predicted octanol–water partition coefficient (Wildman–Crippen LogP) is 1.63. The van der Waals surface area contributed by atoms with Crippen LogP contribution in [0.1, 0.15) is 26.1 Å². The average Bonchev–Trinajstić information content (AvgIpc) is 2.66. The first-order valence-electron chi connectivity index (χ1n) is 6.09. The summed E-state index contributed by atoms with van der Waals surface area (Å²) in [6, 6.07) is 1.72. The zero-order valence-electron chi connectivity index (χ0n) is 10.7. The summed E-state index contributed by atoms with van der Waals surface area (Å²) < 4.78 is 5.28. The highest BCUT2D eigenvalue weighted by Gasteiger charge is 2.32. The predicted molar refractivity (Wildman–Crippen MR) is 69.8 cm³/mol. The van der Waals surface area contributed by atoms with Crippen molar-refractivity contribution in [3.8, 4) is 0 Å². The maximum absolute atomic E-state index is 9.96. The van der Waals surface area contributed by atoms with Crippen molar-refractivity contribution < 1.29 is 9.84 Å². The Bertz CT molecular complexity index is 426. The van der Waals surface area contributed by atoms with Crippen molar-refractivity contribution in [3.05, 3.63) is 17.0 Å². The smallest absolute Gasteiger partial charge is 0.158 e. The Hall–Kier alpha value is -0.910. The van der Waals surface area contributed by atoms with Crippen molar-refractivity contribution in [3.63, 3.8) is 0 Å². The molecule has 5 nitrogen and oxygen atoms in total. The highest BCUT2D eigenvalue weighted by Crippen LogP contribution is 2.26. The second kappa shape index (κ2) is 5.38. The molecule has 100 valence electrons. The summed E-state index contributed by atoms with van der Waals surface area (Å²) in [5.74, 6) is 1.33. The van der Waals surface area contributed by atoms with E-state index in [1.165, 1.54) is 0 Å². The minimum absolute atomic E-state index is 0.355. The molecule has 0 aliphatic carbocycles. The van der Waals surface area contributed by atoms with Gasteiger partial charge in [-0.25, -0.2) is 9.97 Å². The molecular formula is C12H18ClN3O2. The molecule has 0 radical (unpaired) electrons.